The molecular weight excluding hydrogens is 370 g/mol. The molecular formula is C18H15N3O5S. The summed E-state index contributed by atoms with van der Waals surface area (Å²) in [6, 6.07) is 17.9. The first-order chi connectivity index (χ1) is 12.9. The number of hydrogen-bond acceptors (Lipinski definition) is 6. The summed E-state index contributed by atoms with van der Waals surface area (Å²) in [6.45, 7) is 0. The molecule has 0 fully saturated rings. The fourth-order valence-corrected chi connectivity index (χ4v) is 3.23. The van der Waals surface area contributed by atoms with Gasteiger partial charge in [0, 0.05) is 17.7 Å². The Hall–Kier alpha value is -3.46. The third kappa shape index (κ3) is 5.02. The molecule has 3 aromatic rings. The zero-order valence-electron chi connectivity index (χ0n) is 14.0. The number of rotatable bonds is 7. The third-order valence-electron chi connectivity index (χ3n) is 3.57. The highest BCUT2D eigenvalue weighted by atomic mass is 32.2. The number of furan rings is 1. The molecule has 0 bridgehead atoms. The van der Waals surface area contributed by atoms with Crippen LogP contribution in [0.5, 0.6) is 0 Å². The predicted octanol–water partition coefficient (Wildman–Crippen LogP) is 3.31. The third-order valence-corrected chi connectivity index (χ3v) is 4.67. The van der Waals surface area contributed by atoms with Crippen molar-refractivity contribution < 1.29 is 17.8 Å². The molecule has 27 heavy (non-hydrogen) atoms. The minimum absolute atomic E-state index is 0.0140. The lowest BCUT2D eigenvalue weighted by molar-refractivity contribution is -0.384. The van der Waals surface area contributed by atoms with Crippen LogP contribution in [0, 0.1) is 10.1 Å². The molecule has 0 aliphatic carbocycles. The summed E-state index contributed by atoms with van der Waals surface area (Å²) < 4.78 is 29.5. The molecule has 1 heterocycles. The van der Waals surface area contributed by atoms with Crippen molar-refractivity contribution in [2.24, 2.45) is 5.10 Å². The molecule has 0 aliphatic heterocycles. The molecule has 0 saturated carbocycles. The maximum absolute atomic E-state index is 12.0. The minimum atomic E-state index is -3.62. The number of nitro groups is 1. The second kappa shape index (κ2) is 7.83. The van der Waals surface area contributed by atoms with Crippen molar-refractivity contribution in [3.05, 3.63) is 88.2 Å². The highest BCUT2D eigenvalue weighted by Crippen LogP contribution is 2.24. The summed E-state index contributed by atoms with van der Waals surface area (Å²) in [5.74, 6) is 0.640. The predicted molar refractivity (Wildman–Crippen MR) is 101 cm³/mol. The quantitative estimate of drug-likeness (QED) is 0.381. The zero-order valence-corrected chi connectivity index (χ0v) is 14.8. The first-order valence-corrected chi connectivity index (χ1v) is 9.49. The Bertz CT molecular complexity index is 1060. The number of hydrazone groups is 1. The van der Waals surface area contributed by atoms with E-state index in [1.54, 1.807) is 54.6 Å². The van der Waals surface area contributed by atoms with Gasteiger partial charge in [-0.25, -0.2) is 13.2 Å². The van der Waals surface area contributed by atoms with Gasteiger partial charge in [-0.2, -0.15) is 5.10 Å². The van der Waals surface area contributed by atoms with Crippen molar-refractivity contribution in [2.45, 2.75) is 5.75 Å². The Kier molecular flexibility index (Phi) is 5.32. The summed E-state index contributed by atoms with van der Waals surface area (Å²) in [5.41, 5.74) is 1.29. The van der Waals surface area contributed by atoms with Crippen LogP contribution in [-0.2, 0) is 15.8 Å². The van der Waals surface area contributed by atoms with Crippen LogP contribution in [0.2, 0.25) is 0 Å². The Labute approximate surface area is 155 Å². The smallest absolute Gasteiger partial charge is 0.269 e. The summed E-state index contributed by atoms with van der Waals surface area (Å²) in [4.78, 5) is 12.3. The maximum atomic E-state index is 12.0. The van der Waals surface area contributed by atoms with Crippen molar-refractivity contribution in [3.8, 4) is 11.3 Å². The number of nitro benzene ring substituents is 1. The van der Waals surface area contributed by atoms with E-state index < -0.39 is 14.9 Å². The summed E-state index contributed by atoms with van der Waals surface area (Å²) in [5, 5.41) is 14.4. The molecule has 0 aliphatic rings. The molecule has 2 aromatic carbocycles. The standard InChI is InChI=1S/C18H15N3O5S/c22-21(23)16-8-6-15(7-9-16)18-11-10-17(26-18)12-19-20-27(24,25)13-14-4-2-1-3-5-14/h1-12,20H,13H2/b19-12+. The van der Waals surface area contributed by atoms with Gasteiger partial charge in [-0.05, 0) is 29.8 Å². The fourth-order valence-electron chi connectivity index (χ4n) is 2.32. The molecule has 138 valence electrons. The van der Waals surface area contributed by atoms with Crippen molar-refractivity contribution >= 4 is 21.9 Å². The monoisotopic (exact) mass is 385 g/mol. The highest BCUT2D eigenvalue weighted by molar-refractivity contribution is 7.88. The van der Waals surface area contributed by atoms with Gasteiger partial charge in [-0.3, -0.25) is 10.1 Å². The topological polar surface area (TPSA) is 115 Å². The van der Waals surface area contributed by atoms with E-state index in [9.17, 15) is 18.5 Å². The summed E-state index contributed by atoms with van der Waals surface area (Å²) in [6.07, 6.45) is 1.25. The average molecular weight is 385 g/mol. The van der Waals surface area contributed by atoms with Crippen LogP contribution < -0.4 is 4.83 Å². The first kappa shape index (κ1) is 18.3. The molecule has 3 rings (SSSR count). The van der Waals surface area contributed by atoms with E-state index in [-0.39, 0.29) is 11.4 Å². The molecule has 0 spiro atoms. The second-order valence-corrected chi connectivity index (χ2v) is 7.30. The molecule has 0 radical (unpaired) electrons. The molecule has 1 aromatic heterocycles. The number of non-ortho nitro benzene ring substituents is 1. The van der Waals surface area contributed by atoms with Crippen LogP contribution >= 0.6 is 0 Å². The largest absolute Gasteiger partial charge is 0.455 e. The minimum Gasteiger partial charge on any atom is -0.455 e. The Morgan fingerprint density at radius 3 is 2.41 bits per heavy atom. The van der Waals surface area contributed by atoms with Crippen molar-refractivity contribution in [1.82, 2.24) is 4.83 Å². The fraction of sp³-hybridized carbons (Fsp3) is 0.0556. The van der Waals surface area contributed by atoms with E-state index in [4.69, 9.17) is 4.42 Å². The van der Waals surface area contributed by atoms with E-state index >= 15 is 0 Å². The Morgan fingerprint density at radius 1 is 1.04 bits per heavy atom. The maximum Gasteiger partial charge on any atom is 0.269 e. The Balaban J connectivity index is 1.64. The number of sulfonamides is 1. The van der Waals surface area contributed by atoms with Crippen LogP contribution in [0.25, 0.3) is 11.3 Å². The molecule has 0 unspecified atom stereocenters. The van der Waals surface area contributed by atoms with Crippen LogP contribution in [0.4, 0.5) is 5.69 Å². The summed E-state index contributed by atoms with van der Waals surface area (Å²) in [7, 11) is -3.62. The number of hydrogen-bond donors (Lipinski definition) is 1. The molecule has 1 N–H and O–H groups in total. The van der Waals surface area contributed by atoms with Crippen molar-refractivity contribution in [2.75, 3.05) is 0 Å². The van der Waals surface area contributed by atoms with E-state index in [1.807, 2.05) is 0 Å². The Morgan fingerprint density at radius 2 is 1.74 bits per heavy atom. The lowest BCUT2D eigenvalue weighted by Gasteiger charge is -2.02. The van der Waals surface area contributed by atoms with Crippen LogP contribution in [0.3, 0.4) is 0 Å². The molecule has 0 amide bonds. The van der Waals surface area contributed by atoms with Crippen molar-refractivity contribution in [3.63, 3.8) is 0 Å². The average Bonchev–Trinajstić information content (AvgIpc) is 3.11. The van der Waals surface area contributed by atoms with Gasteiger partial charge in [0.05, 0.1) is 16.9 Å². The van der Waals surface area contributed by atoms with Crippen molar-refractivity contribution in [1.29, 1.82) is 0 Å². The van der Waals surface area contributed by atoms with Gasteiger partial charge in [-0.15, -0.1) is 0 Å². The van der Waals surface area contributed by atoms with Gasteiger partial charge in [0.2, 0.25) is 0 Å². The normalized spacial score (nSPS) is 11.6. The SMILES string of the molecule is O=[N+]([O-])c1ccc(-c2ccc(/C=N/NS(=O)(=O)Cc3ccccc3)o2)cc1. The number of benzene rings is 2. The molecule has 8 nitrogen and oxygen atoms in total. The van der Waals surface area contributed by atoms with Gasteiger partial charge < -0.3 is 4.42 Å². The van der Waals surface area contributed by atoms with Gasteiger partial charge >= 0.3 is 0 Å². The number of nitrogens with zero attached hydrogens (tertiary/aromatic N) is 2. The molecule has 0 saturated heterocycles. The van der Waals surface area contributed by atoms with E-state index in [0.29, 0.717) is 22.6 Å². The van der Waals surface area contributed by atoms with E-state index in [0.717, 1.165) is 0 Å². The van der Waals surface area contributed by atoms with Gasteiger partial charge in [-0.1, -0.05) is 30.3 Å². The van der Waals surface area contributed by atoms with E-state index in [1.165, 1.54) is 18.3 Å². The lowest BCUT2D eigenvalue weighted by Crippen LogP contribution is -2.20. The van der Waals surface area contributed by atoms with Crippen LogP contribution in [0.15, 0.2) is 76.2 Å². The van der Waals surface area contributed by atoms with Crippen LogP contribution in [0.1, 0.15) is 11.3 Å². The highest BCUT2D eigenvalue weighted by Gasteiger charge is 2.10. The van der Waals surface area contributed by atoms with Crippen LogP contribution in [-0.4, -0.2) is 19.6 Å². The van der Waals surface area contributed by atoms with Gasteiger partial charge in [0.25, 0.3) is 15.7 Å². The number of nitrogens with one attached hydrogen (secondary N) is 1. The summed E-state index contributed by atoms with van der Waals surface area (Å²) >= 11 is 0. The van der Waals surface area contributed by atoms with E-state index in [2.05, 4.69) is 9.93 Å². The first-order valence-electron chi connectivity index (χ1n) is 7.84. The lowest BCUT2D eigenvalue weighted by atomic mass is 10.1. The second-order valence-electron chi connectivity index (χ2n) is 5.60. The molecule has 9 heteroatoms. The molecule has 0 atom stereocenters. The van der Waals surface area contributed by atoms with Gasteiger partial charge in [0.15, 0.2) is 0 Å². The zero-order chi connectivity index (χ0) is 19.3. The van der Waals surface area contributed by atoms with Gasteiger partial charge in [0.1, 0.15) is 11.5 Å².